The van der Waals surface area contributed by atoms with E-state index in [1.165, 1.54) is 0 Å². The first-order chi connectivity index (χ1) is 11.3. The predicted molar refractivity (Wildman–Crippen MR) is 105 cm³/mol. The number of likely N-dealkylation sites (tertiary alicyclic amines) is 1. The van der Waals surface area contributed by atoms with Crippen LogP contribution in [-0.2, 0) is 9.59 Å². The van der Waals surface area contributed by atoms with Gasteiger partial charge in [0, 0.05) is 36.2 Å². The Hall–Kier alpha value is -1.11. The van der Waals surface area contributed by atoms with Gasteiger partial charge in [-0.1, -0.05) is 22.9 Å². The fraction of sp³-hybridized carbons (Fsp3) is 0.556. The van der Waals surface area contributed by atoms with Crippen molar-refractivity contribution < 1.29 is 9.59 Å². The summed E-state index contributed by atoms with van der Waals surface area (Å²) in [5, 5.41) is 0. The molecular weight excluding hydrogens is 406 g/mol. The zero-order valence-corrected chi connectivity index (χ0v) is 17.0. The van der Waals surface area contributed by atoms with Crippen molar-refractivity contribution in [3.8, 4) is 0 Å². The molecule has 0 aromatic heterocycles. The van der Waals surface area contributed by atoms with Crippen molar-refractivity contribution in [1.82, 2.24) is 4.90 Å². The Morgan fingerprint density at radius 3 is 2.76 bits per heavy atom. The molecule has 1 aromatic carbocycles. The van der Waals surface area contributed by atoms with Crippen molar-refractivity contribution in [1.29, 1.82) is 0 Å². The summed E-state index contributed by atoms with van der Waals surface area (Å²) in [6.07, 6.45) is 1.23. The highest BCUT2D eigenvalue weighted by molar-refractivity contribution is 9.10. The maximum Gasteiger partial charge on any atom is 0.228 e. The average Bonchev–Trinajstić information content (AvgIpc) is 3.14. The number of nitrogens with zero attached hydrogens (tertiary/aromatic N) is 2. The molecule has 2 aliphatic heterocycles. The number of hydrogen-bond donors (Lipinski definition) is 1. The van der Waals surface area contributed by atoms with Gasteiger partial charge in [-0.15, -0.1) is 12.4 Å². The number of anilines is 1. The minimum atomic E-state index is -0.249. The van der Waals surface area contributed by atoms with Crippen LogP contribution in [0.15, 0.2) is 22.7 Å². The molecule has 0 bridgehead atoms. The molecular formula is C18H25BrClN3O2. The zero-order valence-electron chi connectivity index (χ0n) is 14.6. The topological polar surface area (TPSA) is 66.6 Å². The van der Waals surface area contributed by atoms with Crippen molar-refractivity contribution in [3.63, 3.8) is 0 Å². The van der Waals surface area contributed by atoms with E-state index in [-0.39, 0.29) is 35.6 Å². The largest absolute Gasteiger partial charge is 0.342 e. The van der Waals surface area contributed by atoms with Gasteiger partial charge in [-0.3, -0.25) is 9.59 Å². The van der Waals surface area contributed by atoms with Crippen LogP contribution in [0.1, 0.15) is 25.3 Å². The van der Waals surface area contributed by atoms with E-state index in [4.69, 9.17) is 5.73 Å². The van der Waals surface area contributed by atoms with Crippen LogP contribution in [0.2, 0.25) is 0 Å². The Kier molecular flexibility index (Phi) is 6.17. The molecule has 2 atom stereocenters. The van der Waals surface area contributed by atoms with Crippen molar-refractivity contribution >= 4 is 45.8 Å². The van der Waals surface area contributed by atoms with Gasteiger partial charge in [0.15, 0.2) is 0 Å². The third-order valence-electron chi connectivity index (χ3n) is 5.29. The first-order valence-corrected chi connectivity index (χ1v) is 9.18. The monoisotopic (exact) mass is 429 g/mol. The first-order valence-electron chi connectivity index (χ1n) is 8.38. The second-order valence-electron chi connectivity index (χ2n) is 7.36. The minimum Gasteiger partial charge on any atom is -0.342 e. The molecule has 2 amide bonds. The van der Waals surface area contributed by atoms with E-state index >= 15 is 0 Å². The van der Waals surface area contributed by atoms with E-state index in [9.17, 15) is 9.59 Å². The molecule has 2 unspecified atom stereocenters. The Morgan fingerprint density at radius 1 is 1.44 bits per heavy atom. The van der Waals surface area contributed by atoms with Gasteiger partial charge in [-0.2, -0.15) is 0 Å². The van der Waals surface area contributed by atoms with Gasteiger partial charge in [-0.25, -0.2) is 0 Å². The van der Waals surface area contributed by atoms with E-state index in [2.05, 4.69) is 22.9 Å². The number of amides is 2. The molecule has 7 heteroatoms. The second-order valence-corrected chi connectivity index (χ2v) is 8.22. The minimum absolute atomic E-state index is 0. The van der Waals surface area contributed by atoms with Gasteiger partial charge < -0.3 is 15.5 Å². The standard InChI is InChI=1S/C18H24BrN3O2.ClH/c1-12-7-14(3-4-15(12)19)22-9-13(8-16(22)23)17(24)21-6-5-18(2,10-20)11-21;/h3-4,7,13H,5-6,8-11,20H2,1-2H3;1H. The predicted octanol–water partition coefficient (Wildman–Crippen LogP) is 2.73. The molecule has 0 saturated carbocycles. The van der Waals surface area contributed by atoms with E-state index in [1.54, 1.807) is 4.90 Å². The zero-order chi connectivity index (χ0) is 17.5. The molecule has 138 valence electrons. The van der Waals surface area contributed by atoms with Crippen LogP contribution in [0.25, 0.3) is 0 Å². The molecule has 5 nitrogen and oxygen atoms in total. The molecule has 1 aromatic rings. The van der Waals surface area contributed by atoms with Crippen LogP contribution < -0.4 is 10.6 Å². The van der Waals surface area contributed by atoms with Crippen LogP contribution in [0.5, 0.6) is 0 Å². The molecule has 0 aliphatic carbocycles. The maximum atomic E-state index is 12.8. The van der Waals surface area contributed by atoms with Crippen LogP contribution in [-0.4, -0.2) is 42.9 Å². The number of nitrogens with two attached hydrogens (primary N) is 1. The SMILES string of the molecule is Cc1cc(N2CC(C(=O)N3CCC(C)(CN)C3)CC2=O)ccc1Br.Cl. The highest BCUT2D eigenvalue weighted by atomic mass is 79.9. The van der Waals surface area contributed by atoms with Crippen molar-refractivity contribution in [2.45, 2.75) is 26.7 Å². The number of halogens is 2. The molecule has 2 N–H and O–H groups in total. The lowest BCUT2D eigenvalue weighted by atomic mass is 9.90. The van der Waals surface area contributed by atoms with Gasteiger partial charge in [0.2, 0.25) is 11.8 Å². The van der Waals surface area contributed by atoms with Gasteiger partial charge in [0.25, 0.3) is 0 Å². The highest BCUT2D eigenvalue weighted by Crippen LogP contribution is 2.33. The maximum absolute atomic E-state index is 12.8. The van der Waals surface area contributed by atoms with Gasteiger partial charge in [-0.05, 0) is 49.1 Å². The average molecular weight is 431 g/mol. The van der Waals surface area contributed by atoms with Gasteiger partial charge >= 0.3 is 0 Å². The summed E-state index contributed by atoms with van der Waals surface area (Å²) < 4.78 is 1.02. The smallest absolute Gasteiger partial charge is 0.228 e. The molecule has 2 fully saturated rings. The summed E-state index contributed by atoms with van der Waals surface area (Å²) in [5.41, 5.74) is 7.78. The molecule has 3 rings (SSSR count). The molecule has 2 aliphatic rings. The lowest BCUT2D eigenvalue weighted by molar-refractivity contribution is -0.135. The van der Waals surface area contributed by atoms with Crippen LogP contribution in [0.3, 0.4) is 0 Å². The Bertz CT molecular complexity index is 684. The summed E-state index contributed by atoms with van der Waals surface area (Å²) in [7, 11) is 0. The van der Waals surface area contributed by atoms with Crippen molar-refractivity contribution in [2.75, 3.05) is 31.1 Å². The number of hydrogen-bond acceptors (Lipinski definition) is 3. The Morgan fingerprint density at radius 2 is 2.16 bits per heavy atom. The number of carbonyl (C=O) groups is 2. The Labute approximate surface area is 163 Å². The fourth-order valence-electron chi connectivity index (χ4n) is 3.56. The van der Waals surface area contributed by atoms with Crippen molar-refractivity contribution in [2.24, 2.45) is 17.1 Å². The summed E-state index contributed by atoms with van der Waals surface area (Å²) in [4.78, 5) is 28.8. The third-order valence-corrected chi connectivity index (χ3v) is 6.18. The molecule has 2 saturated heterocycles. The van der Waals surface area contributed by atoms with E-state index in [0.717, 1.165) is 28.7 Å². The first kappa shape index (κ1) is 20.2. The van der Waals surface area contributed by atoms with Crippen LogP contribution in [0.4, 0.5) is 5.69 Å². The molecule has 25 heavy (non-hydrogen) atoms. The number of rotatable bonds is 3. The summed E-state index contributed by atoms with van der Waals surface area (Å²) in [6.45, 7) is 6.62. The Balaban J connectivity index is 0.00000225. The number of benzene rings is 1. The fourth-order valence-corrected chi connectivity index (χ4v) is 3.80. The molecule has 0 spiro atoms. The quantitative estimate of drug-likeness (QED) is 0.802. The molecule has 0 radical (unpaired) electrons. The third kappa shape index (κ3) is 4.01. The highest BCUT2D eigenvalue weighted by Gasteiger charge is 2.41. The van der Waals surface area contributed by atoms with Gasteiger partial charge in [0.05, 0.1) is 5.92 Å². The van der Waals surface area contributed by atoms with Crippen molar-refractivity contribution in [3.05, 3.63) is 28.2 Å². The van der Waals surface area contributed by atoms with E-state index in [1.807, 2.05) is 30.0 Å². The lowest BCUT2D eigenvalue weighted by Crippen LogP contribution is -2.38. The van der Waals surface area contributed by atoms with Crippen LogP contribution >= 0.6 is 28.3 Å². The number of carbonyl (C=O) groups excluding carboxylic acids is 2. The van der Waals surface area contributed by atoms with Crippen LogP contribution in [0, 0.1) is 18.3 Å². The normalized spacial score (nSPS) is 26.1. The summed E-state index contributed by atoms with van der Waals surface area (Å²) in [5.74, 6) is -0.130. The lowest BCUT2D eigenvalue weighted by Gasteiger charge is -2.24. The van der Waals surface area contributed by atoms with E-state index in [0.29, 0.717) is 26.1 Å². The van der Waals surface area contributed by atoms with E-state index < -0.39 is 0 Å². The number of aryl methyl sites for hydroxylation is 1. The second kappa shape index (κ2) is 7.64. The summed E-state index contributed by atoms with van der Waals surface area (Å²) >= 11 is 3.48. The summed E-state index contributed by atoms with van der Waals surface area (Å²) in [6, 6.07) is 5.85. The van der Waals surface area contributed by atoms with Gasteiger partial charge in [0.1, 0.15) is 0 Å². The molecule has 2 heterocycles.